The van der Waals surface area contributed by atoms with E-state index in [9.17, 15) is 4.79 Å². The summed E-state index contributed by atoms with van der Waals surface area (Å²) in [5.74, 6) is 0.434. The molecule has 1 amide bonds. The van der Waals surface area contributed by atoms with Crippen LogP contribution in [0.4, 0.5) is 4.79 Å². The third-order valence-corrected chi connectivity index (χ3v) is 3.87. The molecule has 0 spiro atoms. The van der Waals surface area contributed by atoms with Crippen LogP contribution in [0.5, 0.6) is 0 Å². The first-order valence-electron chi connectivity index (χ1n) is 6.37. The number of nitrogens with one attached hydrogen (secondary N) is 1. The normalized spacial score (nSPS) is 32.2. The maximum absolute atomic E-state index is 11.6. The minimum Gasteiger partial charge on any atom is -0.441 e. The van der Waals surface area contributed by atoms with Crippen molar-refractivity contribution in [3.05, 3.63) is 35.9 Å². The second-order valence-electron chi connectivity index (χ2n) is 4.94. The summed E-state index contributed by atoms with van der Waals surface area (Å²) >= 11 is 0. The first kappa shape index (κ1) is 10.6. The van der Waals surface area contributed by atoms with E-state index in [0.717, 1.165) is 18.4 Å². The van der Waals surface area contributed by atoms with Gasteiger partial charge in [-0.15, -0.1) is 0 Å². The van der Waals surface area contributed by atoms with Gasteiger partial charge in [-0.1, -0.05) is 43.2 Å². The number of hydrogen-bond acceptors (Lipinski definition) is 2. The molecule has 17 heavy (non-hydrogen) atoms. The van der Waals surface area contributed by atoms with Gasteiger partial charge in [-0.2, -0.15) is 0 Å². The molecular formula is C14H17NO2. The average molecular weight is 231 g/mol. The summed E-state index contributed by atoms with van der Waals surface area (Å²) < 4.78 is 5.49. The summed E-state index contributed by atoms with van der Waals surface area (Å²) in [5, 5.41) is 2.96. The van der Waals surface area contributed by atoms with Gasteiger partial charge in [-0.05, 0) is 18.4 Å². The van der Waals surface area contributed by atoms with E-state index in [4.69, 9.17) is 4.74 Å². The predicted octanol–water partition coefficient (Wildman–Crippen LogP) is 3.03. The summed E-state index contributed by atoms with van der Waals surface area (Å²) in [6.45, 7) is 0. The molecule has 0 radical (unpaired) electrons. The van der Waals surface area contributed by atoms with Crippen molar-refractivity contribution in [2.75, 3.05) is 0 Å². The van der Waals surface area contributed by atoms with E-state index in [2.05, 4.69) is 17.4 Å². The number of carbonyl (C=O) groups is 1. The zero-order valence-corrected chi connectivity index (χ0v) is 9.76. The molecule has 3 nitrogen and oxygen atoms in total. The molecular weight excluding hydrogens is 214 g/mol. The summed E-state index contributed by atoms with van der Waals surface area (Å²) in [5.41, 5.74) is 1.12. The topological polar surface area (TPSA) is 38.3 Å². The van der Waals surface area contributed by atoms with Gasteiger partial charge in [0.05, 0.1) is 0 Å². The summed E-state index contributed by atoms with van der Waals surface area (Å²) in [7, 11) is 0. The molecule has 3 atom stereocenters. The van der Waals surface area contributed by atoms with Crippen LogP contribution in [-0.4, -0.2) is 12.1 Å². The number of alkyl carbamates (subject to hydrolysis) is 1. The highest BCUT2D eigenvalue weighted by Gasteiger charge is 2.40. The van der Waals surface area contributed by atoms with Gasteiger partial charge in [0.15, 0.2) is 0 Å². The number of cyclic esters (lactones) is 1. The first-order chi connectivity index (χ1) is 8.34. The van der Waals surface area contributed by atoms with Crippen LogP contribution in [0.15, 0.2) is 30.3 Å². The van der Waals surface area contributed by atoms with E-state index in [-0.39, 0.29) is 12.2 Å². The van der Waals surface area contributed by atoms with Crippen molar-refractivity contribution in [2.24, 2.45) is 5.92 Å². The van der Waals surface area contributed by atoms with Crippen LogP contribution in [0.3, 0.4) is 0 Å². The van der Waals surface area contributed by atoms with Crippen LogP contribution in [0.25, 0.3) is 0 Å². The van der Waals surface area contributed by atoms with Crippen molar-refractivity contribution < 1.29 is 9.53 Å². The van der Waals surface area contributed by atoms with Crippen LogP contribution in [0.2, 0.25) is 0 Å². The van der Waals surface area contributed by atoms with E-state index in [0.29, 0.717) is 12.0 Å². The Hall–Kier alpha value is -1.51. The Labute approximate surface area is 101 Å². The molecule has 90 valence electrons. The smallest absolute Gasteiger partial charge is 0.407 e. The highest BCUT2D eigenvalue weighted by Crippen LogP contribution is 2.39. The maximum Gasteiger partial charge on any atom is 0.407 e. The molecule has 3 rings (SSSR count). The van der Waals surface area contributed by atoms with Crippen LogP contribution < -0.4 is 5.32 Å². The van der Waals surface area contributed by atoms with Gasteiger partial charge in [0.1, 0.15) is 6.10 Å². The van der Waals surface area contributed by atoms with Gasteiger partial charge >= 0.3 is 6.09 Å². The lowest BCUT2D eigenvalue weighted by Crippen LogP contribution is -2.50. The van der Waals surface area contributed by atoms with Gasteiger partial charge in [0, 0.05) is 12.0 Å². The molecule has 1 saturated carbocycles. The largest absolute Gasteiger partial charge is 0.441 e. The second-order valence-corrected chi connectivity index (χ2v) is 4.94. The van der Waals surface area contributed by atoms with E-state index < -0.39 is 0 Å². The van der Waals surface area contributed by atoms with Crippen molar-refractivity contribution in [1.29, 1.82) is 0 Å². The predicted molar refractivity (Wildman–Crippen MR) is 64.5 cm³/mol. The number of carbonyl (C=O) groups excluding carboxylic acids is 1. The molecule has 1 heterocycles. The van der Waals surface area contributed by atoms with Crippen LogP contribution in [-0.2, 0) is 4.74 Å². The zero-order valence-electron chi connectivity index (χ0n) is 9.76. The highest BCUT2D eigenvalue weighted by atomic mass is 16.6. The van der Waals surface area contributed by atoms with Crippen LogP contribution in [0.1, 0.15) is 37.4 Å². The molecule has 1 aromatic rings. The lowest BCUT2D eigenvalue weighted by atomic mass is 9.78. The number of rotatable bonds is 1. The Morgan fingerprint density at radius 1 is 1.12 bits per heavy atom. The van der Waals surface area contributed by atoms with Gasteiger partial charge in [0.2, 0.25) is 0 Å². The lowest BCUT2D eigenvalue weighted by Gasteiger charge is -2.41. The van der Waals surface area contributed by atoms with Crippen molar-refractivity contribution in [1.82, 2.24) is 5.32 Å². The fraction of sp³-hybridized carbons (Fsp3) is 0.500. The third kappa shape index (κ3) is 2.02. The Kier molecular flexibility index (Phi) is 2.75. The van der Waals surface area contributed by atoms with Gasteiger partial charge < -0.3 is 10.1 Å². The van der Waals surface area contributed by atoms with E-state index >= 15 is 0 Å². The zero-order chi connectivity index (χ0) is 11.7. The Balaban J connectivity index is 1.88. The number of hydrogen-bond donors (Lipinski definition) is 1. The number of benzene rings is 1. The molecule has 2 fully saturated rings. The van der Waals surface area contributed by atoms with Crippen molar-refractivity contribution in [3.8, 4) is 0 Å². The molecule has 0 bridgehead atoms. The molecule has 0 aromatic heterocycles. The highest BCUT2D eigenvalue weighted by molar-refractivity contribution is 5.69. The molecule has 2 aliphatic rings. The lowest BCUT2D eigenvalue weighted by molar-refractivity contribution is -0.000325. The Morgan fingerprint density at radius 2 is 1.88 bits per heavy atom. The molecule has 1 aliphatic heterocycles. The van der Waals surface area contributed by atoms with Gasteiger partial charge in [0.25, 0.3) is 0 Å². The SMILES string of the molecule is O=C1N[C@@H]2CCCC[C@@H]2[C@H](c2ccccc2)O1. The number of fused-ring (bicyclic) bond motifs is 1. The summed E-state index contributed by atoms with van der Waals surface area (Å²) in [4.78, 5) is 11.6. The van der Waals surface area contributed by atoms with E-state index in [1.54, 1.807) is 0 Å². The van der Waals surface area contributed by atoms with Gasteiger partial charge in [-0.25, -0.2) is 4.79 Å². The van der Waals surface area contributed by atoms with E-state index in [1.807, 2.05) is 18.2 Å². The summed E-state index contributed by atoms with van der Waals surface area (Å²) in [6.07, 6.45) is 4.36. The third-order valence-electron chi connectivity index (χ3n) is 3.87. The number of ether oxygens (including phenoxy) is 1. The second kappa shape index (κ2) is 4.40. The summed E-state index contributed by atoms with van der Waals surface area (Å²) in [6, 6.07) is 10.4. The molecule has 1 aliphatic carbocycles. The molecule has 1 saturated heterocycles. The average Bonchev–Trinajstić information content (AvgIpc) is 2.39. The first-order valence-corrected chi connectivity index (χ1v) is 6.37. The van der Waals surface area contributed by atoms with Crippen molar-refractivity contribution >= 4 is 6.09 Å². The van der Waals surface area contributed by atoms with Gasteiger partial charge in [-0.3, -0.25) is 0 Å². The molecule has 1 N–H and O–H groups in total. The Morgan fingerprint density at radius 3 is 2.71 bits per heavy atom. The minimum absolute atomic E-state index is 0.0600. The quantitative estimate of drug-likeness (QED) is 0.806. The Bertz CT molecular complexity index is 404. The maximum atomic E-state index is 11.6. The minimum atomic E-state index is -0.262. The van der Waals surface area contributed by atoms with Crippen LogP contribution >= 0.6 is 0 Å². The monoisotopic (exact) mass is 231 g/mol. The fourth-order valence-electron chi connectivity index (χ4n) is 3.05. The molecule has 3 heteroatoms. The fourth-order valence-corrected chi connectivity index (χ4v) is 3.05. The number of amides is 1. The van der Waals surface area contributed by atoms with E-state index in [1.165, 1.54) is 12.8 Å². The van der Waals surface area contributed by atoms with Crippen LogP contribution in [0, 0.1) is 5.92 Å². The standard InChI is InChI=1S/C14H17NO2/c16-14-15-12-9-5-4-8-11(12)13(17-14)10-6-2-1-3-7-10/h1-3,6-7,11-13H,4-5,8-9H2,(H,15,16)/t11-,12+,13-/m0/s1. The molecule has 1 aromatic carbocycles. The van der Waals surface area contributed by atoms with Crippen molar-refractivity contribution in [2.45, 2.75) is 37.8 Å². The van der Waals surface area contributed by atoms with Crippen molar-refractivity contribution in [3.63, 3.8) is 0 Å². The molecule has 0 unspecified atom stereocenters.